The zero-order valence-electron chi connectivity index (χ0n) is 13.1. The average molecular weight is 341 g/mol. The molecule has 0 spiro atoms. The van der Waals surface area contributed by atoms with Crippen LogP contribution in [0.3, 0.4) is 0 Å². The van der Waals surface area contributed by atoms with Crippen LogP contribution < -0.4 is 16.4 Å². The number of nitrogens with two attached hydrogens (primary N) is 1. The first-order valence-corrected chi connectivity index (χ1v) is 7.80. The highest BCUT2D eigenvalue weighted by Crippen LogP contribution is 2.18. The molecule has 3 rings (SSSR count). The zero-order valence-corrected chi connectivity index (χ0v) is 13.9. The van der Waals surface area contributed by atoms with E-state index in [1.807, 2.05) is 55.5 Å². The zero-order chi connectivity index (χ0) is 16.9. The van der Waals surface area contributed by atoms with Crippen LogP contribution in [0.25, 0.3) is 0 Å². The fraction of sp³-hybridized carbons (Fsp3) is 0.118. The number of hydrogen-bond acceptors (Lipinski definition) is 6. The van der Waals surface area contributed by atoms with Crippen LogP contribution in [0.5, 0.6) is 0 Å². The molecule has 0 saturated carbocycles. The number of rotatable bonds is 5. The Bertz CT molecular complexity index is 835. The number of halogens is 1. The van der Waals surface area contributed by atoms with E-state index in [9.17, 15) is 0 Å². The van der Waals surface area contributed by atoms with Crippen molar-refractivity contribution in [2.75, 3.05) is 16.4 Å². The summed E-state index contributed by atoms with van der Waals surface area (Å²) in [6.07, 6.45) is 0. The summed E-state index contributed by atoms with van der Waals surface area (Å²) in [5.74, 6) is 1.15. The van der Waals surface area contributed by atoms with Gasteiger partial charge < -0.3 is 16.4 Å². The standard InChI is InChI=1S/C17H17ClN6/c1-11-4-2-3-5-14(11)21-17-23-15(22-16(19)24-17)10-20-13-8-6-12(18)7-9-13/h2-9,20H,10H2,1H3,(H3,19,21,22,23,24). The lowest BCUT2D eigenvalue weighted by molar-refractivity contribution is 0.920. The molecule has 7 heteroatoms. The van der Waals surface area contributed by atoms with Gasteiger partial charge >= 0.3 is 0 Å². The molecule has 4 N–H and O–H groups in total. The van der Waals surface area contributed by atoms with Gasteiger partial charge in [0.2, 0.25) is 11.9 Å². The first-order valence-electron chi connectivity index (χ1n) is 7.43. The maximum absolute atomic E-state index is 5.87. The first-order chi connectivity index (χ1) is 11.6. The summed E-state index contributed by atoms with van der Waals surface area (Å²) in [7, 11) is 0. The molecule has 6 nitrogen and oxygen atoms in total. The van der Waals surface area contributed by atoms with Crippen LogP contribution in [0.4, 0.5) is 23.3 Å². The van der Waals surface area contributed by atoms with E-state index in [-0.39, 0.29) is 5.95 Å². The van der Waals surface area contributed by atoms with E-state index < -0.39 is 0 Å². The Labute approximate surface area is 145 Å². The molecule has 1 aromatic heterocycles. The normalized spacial score (nSPS) is 10.4. The third kappa shape index (κ3) is 4.11. The predicted molar refractivity (Wildman–Crippen MR) is 97.5 cm³/mol. The van der Waals surface area contributed by atoms with Crippen LogP contribution in [0.15, 0.2) is 48.5 Å². The Morgan fingerprint density at radius 2 is 1.75 bits per heavy atom. The molecule has 0 fully saturated rings. The number of aromatic nitrogens is 3. The van der Waals surface area contributed by atoms with Crippen molar-refractivity contribution in [2.45, 2.75) is 13.5 Å². The van der Waals surface area contributed by atoms with Crippen molar-refractivity contribution < 1.29 is 0 Å². The van der Waals surface area contributed by atoms with Crippen molar-refractivity contribution in [1.29, 1.82) is 0 Å². The number of aryl methyl sites for hydroxylation is 1. The Hall–Kier alpha value is -2.86. The smallest absolute Gasteiger partial charge is 0.232 e. The number of nitrogens with zero attached hydrogens (tertiary/aromatic N) is 3. The van der Waals surface area contributed by atoms with Crippen molar-refractivity contribution >= 4 is 34.9 Å². The maximum atomic E-state index is 5.87. The van der Waals surface area contributed by atoms with Crippen LogP contribution in [0.1, 0.15) is 11.4 Å². The summed E-state index contributed by atoms with van der Waals surface area (Å²) in [4.78, 5) is 12.7. The minimum absolute atomic E-state index is 0.175. The highest BCUT2D eigenvalue weighted by molar-refractivity contribution is 6.30. The van der Waals surface area contributed by atoms with Gasteiger partial charge in [0.25, 0.3) is 0 Å². The van der Waals surface area contributed by atoms with Gasteiger partial charge in [-0.05, 0) is 42.8 Å². The molecular weight excluding hydrogens is 324 g/mol. The number of nitrogens with one attached hydrogen (secondary N) is 2. The molecule has 0 aliphatic rings. The van der Waals surface area contributed by atoms with E-state index in [1.54, 1.807) is 0 Å². The molecule has 2 aromatic carbocycles. The SMILES string of the molecule is Cc1ccccc1Nc1nc(N)nc(CNc2ccc(Cl)cc2)n1. The molecule has 0 aliphatic carbocycles. The molecule has 0 unspecified atom stereocenters. The molecule has 1 heterocycles. The van der Waals surface area contributed by atoms with Crippen LogP contribution in [-0.4, -0.2) is 15.0 Å². The lowest BCUT2D eigenvalue weighted by Gasteiger charge is -2.10. The van der Waals surface area contributed by atoms with Gasteiger partial charge in [-0.15, -0.1) is 0 Å². The van der Waals surface area contributed by atoms with Gasteiger partial charge in [-0.1, -0.05) is 29.8 Å². The fourth-order valence-electron chi connectivity index (χ4n) is 2.16. The molecule has 122 valence electrons. The summed E-state index contributed by atoms with van der Waals surface area (Å²) >= 11 is 5.87. The molecule has 0 radical (unpaired) electrons. The molecule has 0 bridgehead atoms. The highest BCUT2D eigenvalue weighted by Gasteiger charge is 2.06. The van der Waals surface area contributed by atoms with Crippen molar-refractivity contribution in [3.63, 3.8) is 0 Å². The third-order valence-electron chi connectivity index (χ3n) is 3.39. The van der Waals surface area contributed by atoms with Crippen LogP contribution in [-0.2, 0) is 6.54 Å². The lowest BCUT2D eigenvalue weighted by atomic mass is 10.2. The van der Waals surface area contributed by atoms with Crippen LogP contribution in [0.2, 0.25) is 5.02 Å². The third-order valence-corrected chi connectivity index (χ3v) is 3.64. The van der Waals surface area contributed by atoms with E-state index in [2.05, 4.69) is 25.6 Å². The second kappa shape index (κ2) is 7.14. The molecule has 0 saturated heterocycles. The van der Waals surface area contributed by atoms with E-state index in [4.69, 9.17) is 17.3 Å². The summed E-state index contributed by atoms with van der Waals surface area (Å²) in [6.45, 7) is 2.44. The average Bonchev–Trinajstić information content (AvgIpc) is 2.56. The largest absolute Gasteiger partial charge is 0.378 e. The number of hydrogen-bond donors (Lipinski definition) is 3. The van der Waals surface area contributed by atoms with Crippen molar-refractivity contribution in [1.82, 2.24) is 15.0 Å². The Morgan fingerprint density at radius 1 is 1.00 bits per heavy atom. The predicted octanol–water partition coefficient (Wildman–Crippen LogP) is 3.77. The summed E-state index contributed by atoms with van der Waals surface area (Å²) in [5, 5.41) is 7.08. The van der Waals surface area contributed by atoms with Gasteiger partial charge in [-0.3, -0.25) is 0 Å². The van der Waals surface area contributed by atoms with Gasteiger partial charge in [0.05, 0.1) is 6.54 Å². The van der Waals surface area contributed by atoms with E-state index in [0.717, 1.165) is 16.9 Å². The molecule has 24 heavy (non-hydrogen) atoms. The maximum Gasteiger partial charge on any atom is 0.232 e. The van der Waals surface area contributed by atoms with Crippen molar-refractivity contribution in [2.24, 2.45) is 0 Å². The van der Waals surface area contributed by atoms with E-state index in [1.165, 1.54) is 0 Å². The van der Waals surface area contributed by atoms with Gasteiger partial charge in [0.1, 0.15) is 0 Å². The number of para-hydroxylation sites is 1. The van der Waals surface area contributed by atoms with Gasteiger partial charge in [0, 0.05) is 16.4 Å². The van der Waals surface area contributed by atoms with E-state index in [0.29, 0.717) is 23.3 Å². The topological polar surface area (TPSA) is 88.8 Å². The summed E-state index contributed by atoms with van der Waals surface area (Å²) in [5.41, 5.74) is 8.74. The van der Waals surface area contributed by atoms with Crippen LogP contribution in [0, 0.1) is 6.92 Å². The molecule has 3 aromatic rings. The lowest BCUT2D eigenvalue weighted by Crippen LogP contribution is -2.10. The van der Waals surface area contributed by atoms with Gasteiger partial charge in [-0.25, -0.2) is 0 Å². The monoisotopic (exact) mass is 340 g/mol. The quantitative estimate of drug-likeness (QED) is 0.655. The van der Waals surface area contributed by atoms with Gasteiger partial charge in [-0.2, -0.15) is 15.0 Å². The number of nitrogen functional groups attached to an aromatic ring is 1. The summed E-state index contributed by atoms with van der Waals surface area (Å²) in [6, 6.07) is 15.3. The van der Waals surface area contributed by atoms with Crippen molar-refractivity contribution in [3.05, 3.63) is 64.9 Å². The van der Waals surface area contributed by atoms with E-state index >= 15 is 0 Å². The Kier molecular flexibility index (Phi) is 4.77. The first kappa shape index (κ1) is 16.0. The molecule has 0 aliphatic heterocycles. The Morgan fingerprint density at radius 3 is 2.50 bits per heavy atom. The number of anilines is 4. The van der Waals surface area contributed by atoms with Crippen molar-refractivity contribution in [3.8, 4) is 0 Å². The second-order valence-corrected chi connectivity index (χ2v) is 5.67. The molecule has 0 atom stereocenters. The molecular formula is C17H17ClN6. The molecule has 0 amide bonds. The minimum Gasteiger partial charge on any atom is -0.378 e. The Balaban J connectivity index is 1.74. The number of benzene rings is 2. The van der Waals surface area contributed by atoms with Gasteiger partial charge in [0.15, 0.2) is 5.82 Å². The second-order valence-electron chi connectivity index (χ2n) is 5.23. The minimum atomic E-state index is 0.175. The fourth-order valence-corrected chi connectivity index (χ4v) is 2.28. The highest BCUT2D eigenvalue weighted by atomic mass is 35.5. The summed E-state index contributed by atoms with van der Waals surface area (Å²) < 4.78 is 0. The van der Waals surface area contributed by atoms with Crippen LogP contribution >= 0.6 is 11.6 Å².